The molecule has 1 N–H and O–H groups in total. The Morgan fingerprint density at radius 2 is 2.00 bits per heavy atom. The zero-order valence-electron chi connectivity index (χ0n) is 11.0. The monoisotopic (exact) mass is 287 g/mol. The summed E-state index contributed by atoms with van der Waals surface area (Å²) < 4.78 is 30.8. The van der Waals surface area contributed by atoms with Crippen molar-refractivity contribution < 1.29 is 23.1 Å². The maximum atomic E-state index is 12.4. The van der Waals surface area contributed by atoms with Crippen molar-refractivity contribution in [2.75, 3.05) is 20.8 Å². The van der Waals surface area contributed by atoms with Gasteiger partial charge in [-0.1, -0.05) is 12.1 Å². The molecule has 1 aromatic carbocycles. The fourth-order valence-corrected chi connectivity index (χ4v) is 3.14. The largest absolute Gasteiger partial charge is 0.478 e. The summed E-state index contributed by atoms with van der Waals surface area (Å²) in [5, 5.41) is 9.05. The summed E-state index contributed by atoms with van der Waals surface area (Å²) in [6.07, 6.45) is 0. The van der Waals surface area contributed by atoms with Gasteiger partial charge in [0.1, 0.15) is 0 Å². The second-order valence-corrected chi connectivity index (χ2v) is 6.09. The summed E-state index contributed by atoms with van der Waals surface area (Å²) >= 11 is 0. The average Bonchev–Trinajstić information content (AvgIpc) is 2.38. The molecule has 0 aliphatic carbocycles. The molecule has 0 heterocycles. The molecule has 0 saturated carbocycles. The lowest BCUT2D eigenvalue weighted by molar-refractivity contribution is 0.0692. The maximum absolute atomic E-state index is 12.4. The second kappa shape index (κ2) is 6.14. The van der Waals surface area contributed by atoms with Gasteiger partial charge in [0.25, 0.3) is 0 Å². The Morgan fingerprint density at radius 3 is 2.53 bits per heavy atom. The zero-order chi connectivity index (χ0) is 14.6. The lowest BCUT2D eigenvalue weighted by Gasteiger charge is -2.24. The van der Waals surface area contributed by atoms with Crippen molar-refractivity contribution in [2.45, 2.75) is 17.9 Å². The van der Waals surface area contributed by atoms with Crippen molar-refractivity contribution in [2.24, 2.45) is 0 Å². The van der Waals surface area contributed by atoms with Gasteiger partial charge in [0, 0.05) is 20.2 Å². The quantitative estimate of drug-likeness (QED) is 0.845. The van der Waals surface area contributed by atoms with E-state index in [1.165, 1.54) is 38.4 Å². The number of hydrogen-bond acceptors (Lipinski definition) is 4. The SMILES string of the molecule is COCC(C)N(C)S(=O)(=O)c1ccccc1C(=O)O. The van der Waals surface area contributed by atoms with E-state index >= 15 is 0 Å². The fourth-order valence-electron chi connectivity index (χ4n) is 1.61. The first kappa shape index (κ1) is 15.6. The number of aromatic carboxylic acids is 1. The number of likely N-dealkylation sites (N-methyl/N-ethyl adjacent to an activating group) is 1. The fraction of sp³-hybridized carbons (Fsp3) is 0.417. The van der Waals surface area contributed by atoms with Gasteiger partial charge in [0.15, 0.2) is 0 Å². The van der Waals surface area contributed by atoms with Gasteiger partial charge in [-0.3, -0.25) is 0 Å². The van der Waals surface area contributed by atoms with Crippen LogP contribution >= 0.6 is 0 Å². The van der Waals surface area contributed by atoms with E-state index in [-0.39, 0.29) is 17.1 Å². The van der Waals surface area contributed by atoms with Gasteiger partial charge in [-0.05, 0) is 19.1 Å². The molecule has 106 valence electrons. The van der Waals surface area contributed by atoms with Crippen molar-refractivity contribution in [3.8, 4) is 0 Å². The van der Waals surface area contributed by atoms with Crippen LogP contribution in [-0.2, 0) is 14.8 Å². The highest BCUT2D eigenvalue weighted by molar-refractivity contribution is 7.89. The summed E-state index contributed by atoms with van der Waals surface area (Å²) in [6, 6.07) is 5.14. The number of methoxy groups -OCH3 is 1. The van der Waals surface area contributed by atoms with Gasteiger partial charge in [-0.15, -0.1) is 0 Å². The normalized spacial score (nSPS) is 13.5. The Morgan fingerprint density at radius 1 is 1.42 bits per heavy atom. The average molecular weight is 287 g/mol. The molecule has 1 rings (SSSR count). The number of rotatable bonds is 6. The molecular weight excluding hydrogens is 270 g/mol. The van der Waals surface area contributed by atoms with Crippen molar-refractivity contribution in [1.29, 1.82) is 0 Å². The van der Waals surface area contributed by atoms with E-state index in [1.54, 1.807) is 6.92 Å². The smallest absolute Gasteiger partial charge is 0.337 e. The highest BCUT2D eigenvalue weighted by atomic mass is 32.2. The number of ether oxygens (including phenoxy) is 1. The summed E-state index contributed by atoms with van der Waals surface area (Å²) in [6.45, 7) is 1.91. The highest BCUT2D eigenvalue weighted by Crippen LogP contribution is 2.20. The van der Waals surface area contributed by atoms with Crippen molar-refractivity contribution in [3.63, 3.8) is 0 Å². The molecular formula is C12H17NO5S. The van der Waals surface area contributed by atoms with Gasteiger partial charge in [0.2, 0.25) is 10.0 Å². The van der Waals surface area contributed by atoms with E-state index in [0.717, 1.165) is 4.31 Å². The Bertz CT molecular complexity index is 555. The molecule has 0 spiro atoms. The molecule has 0 aliphatic rings. The Hall–Kier alpha value is -1.44. The molecule has 0 radical (unpaired) electrons. The predicted molar refractivity (Wildman–Crippen MR) is 69.7 cm³/mol. The van der Waals surface area contributed by atoms with E-state index in [9.17, 15) is 13.2 Å². The van der Waals surface area contributed by atoms with Crippen molar-refractivity contribution in [1.82, 2.24) is 4.31 Å². The van der Waals surface area contributed by atoms with Crippen LogP contribution in [0.2, 0.25) is 0 Å². The summed E-state index contributed by atoms with van der Waals surface area (Å²) in [7, 11) is -0.989. The van der Waals surface area contributed by atoms with E-state index in [1.807, 2.05) is 0 Å². The van der Waals surface area contributed by atoms with Gasteiger partial charge < -0.3 is 9.84 Å². The molecule has 0 amide bonds. The van der Waals surface area contributed by atoms with Crippen molar-refractivity contribution in [3.05, 3.63) is 29.8 Å². The number of sulfonamides is 1. The van der Waals surface area contributed by atoms with E-state index in [0.29, 0.717) is 0 Å². The van der Waals surface area contributed by atoms with Crippen LogP contribution in [0.1, 0.15) is 17.3 Å². The van der Waals surface area contributed by atoms with Crippen LogP contribution in [0.25, 0.3) is 0 Å². The Kier molecular flexibility index (Phi) is 5.04. The number of hydrogen-bond donors (Lipinski definition) is 1. The molecule has 1 unspecified atom stereocenters. The molecule has 0 saturated heterocycles. The lowest BCUT2D eigenvalue weighted by Crippen LogP contribution is -2.38. The first-order valence-electron chi connectivity index (χ1n) is 5.61. The van der Waals surface area contributed by atoms with Crippen molar-refractivity contribution >= 4 is 16.0 Å². The number of carbonyl (C=O) groups is 1. The molecule has 7 heteroatoms. The molecule has 0 aliphatic heterocycles. The molecule has 0 aromatic heterocycles. The number of carboxylic acids is 1. The van der Waals surface area contributed by atoms with E-state index in [4.69, 9.17) is 9.84 Å². The summed E-state index contributed by atoms with van der Waals surface area (Å²) in [4.78, 5) is 10.9. The van der Waals surface area contributed by atoms with Gasteiger partial charge in [-0.2, -0.15) is 4.31 Å². The van der Waals surface area contributed by atoms with E-state index in [2.05, 4.69) is 0 Å². The van der Waals surface area contributed by atoms with Crippen LogP contribution in [0.3, 0.4) is 0 Å². The van der Waals surface area contributed by atoms with Gasteiger partial charge in [0.05, 0.1) is 17.1 Å². The molecule has 19 heavy (non-hydrogen) atoms. The second-order valence-electron chi connectivity index (χ2n) is 4.13. The van der Waals surface area contributed by atoms with Crippen LogP contribution in [0.4, 0.5) is 0 Å². The molecule has 1 aromatic rings. The zero-order valence-corrected chi connectivity index (χ0v) is 11.8. The van der Waals surface area contributed by atoms with Crippen LogP contribution < -0.4 is 0 Å². The topological polar surface area (TPSA) is 83.9 Å². The third-order valence-electron chi connectivity index (χ3n) is 2.80. The molecule has 0 bridgehead atoms. The molecule has 0 fully saturated rings. The lowest BCUT2D eigenvalue weighted by atomic mass is 10.2. The maximum Gasteiger partial charge on any atom is 0.337 e. The Labute approximate surface area is 112 Å². The third-order valence-corrected chi connectivity index (χ3v) is 4.83. The predicted octanol–water partition coefficient (Wildman–Crippen LogP) is 1.04. The van der Waals surface area contributed by atoms with Crippen LogP contribution in [0, 0.1) is 0 Å². The van der Waals surface area contributed by atoms with Crippen LogP contribution in [0.5, 0.6) is 0 Å². The van der Waals surface area contributed by atoms with Crippen LogP contribution in [0.15, 0.2) is 29.2 Å². The minimum atomic E-state index is -3.86. The number of benzene rings is 1. The van der Waals surface area contributed by atoms with E-state index < -0.39 is 22.0 Å². The summed E-state index contributed by atoms with van der Waals surface area (Å²) in [5.74, 6) is -1.27. The molecule has 6 nitrogen and oxygen atoms in total. The first-order valence-corrected chi connectivity index (χ1v) is 7.05. The van der Waals surface area contributed by atoms with Crippen LogP contribution in [-0.4, -0.2) is 50.6 Å². The first-order chi connectivity index (χ1) is 8.82. The minimum Gasteiger partial charge on any atom is -0.478 e. The van der Waals surface area contributed by atoms with Gasteiger partial charge in [-0.25, -0.2) is 13.2 Å². The number of nitrogens with zero attached hydrogens (tertiary/aromatic N) is 1. The third kappa shape index (κ3) is 3.31. The number of carboxylic acid groups (broad SMARTS) is 1. The Balaban J connectivity index is 3.24. The van der Waals surface area contributed by atoms with Gasteiger partial charge >= 0.3 is 5.97 Å². The summed E-state index contributed by atoms with van der Waals surface area (Å²) in [5.41, 5.74) is -0.237. The molecule has 1 atom stereocenters. The highest BCUT2D eigenvalue weighted by Gasteiger charge is 2.29. The standard InChI is InChI=1S/C12H17NO5S/c1-9(8-18-3)13(2)19(16,17)11-7-5-4-6-10(11)12(14)15/h4-7,9H,8H2,1-3H3,(H,14,15). The minimum absolute atomic E-state index is 0.215.